The van der Waals surface area contributed by atoms with Crippen molar-refractivity contribution in [2.75, 3.05) is 5.73 Å². The molecule has 0 aliphatic heterocycles. The van der Waals surface area contributed by atoms with Crippen LogP contribution < -0.4 is 5.73 Å². The smallest absolute Gasteiger partial charge is 0.158 e. The lowest BCUT2D eigenvalue weighted by Gasteiger charge is -2.06. The number of hydrogen-bond acceptors (Lipinski definition) is 3. The van der Waals surface area contributed by atoms with Crippen molar-refractivity contribution in [2.45, 2.75) is 11.5 Å². The summed E-state index contributed by atoms with van der Waals surface area (Å²) >= 11 is 0. The minimum absolute atomic E-state index is 0.0178. The van der Waals surface area contributed by atoms with E-state index in [4.69, 9.17) is 5.73 Å². The number of nitrogen functional groups attached to an aromatic ring is 1. The van der Waals surface area contributed by atoms with E-state index in [1.54, 1.807) is 24.3 Å². The van der Waals surface area contributed by atoms with Gasteiger partial charge in [-0.25, -0.2) is 12.8 Å². The largest absolute Gasteiger partial charge is 0.396 e. The molecule has 3 nitrogen and oxygen atoms in total. The van der Waals surface area contributed by atoms with Crippen molar-refractivity contribution in [3.8, 4) is 0 Å². The maximum Gasteiger partial charge on any atom is 0.158 e. The van der Waals surface area contributed by atoms with Crippen molar-refractivity contribution in [3.05, 3.63) is 65.5 Å². The molecule has 0 spiro atoms. The highest BCUT2D eigenvalue weighted by Crippen LogP contribution is 2.16. The second-order valence-electron chi connectivity index (χ2n) is 4.37. The Morgan fingerprint density at radius 2 is 1.58 bits per heavy atom. The molecule has 2 aromatic rings. The topological polar surface area (TPSA) is 60.2 Å². The highest BCUT2D eigenvalue weighted by molar-refractivity contribution is 7.89. The average molecular weight is 279 g/mol. The van der Waals surface area contributed by atoms with Crippen LogP contribution in [0.3, 0.4) is 0 Å². The molecule has 0 atom stereocenters. The van der Waals surface area contributed by atoms with Crippen molar-refractivity contribution in [3.63, 3.8) is 0 Å². The first-order valence-electron chi connectivity index (χ1n) is 5.74. The molecule has 0 amide bonds. The Bertz CT molecular complexity index is 669. The molecule has 0 aromatic heterocycles. The molecule has 0 radical (unpaired) electrons. The molecule has 100 valence electrons. The fraction of sp³-hybridized carbons (Fsp3) is 0.143. The molecule has 0 unspecified atom stereocenters. The third kappa shape index (κ3) is 3.79. The zero-order valence-electron chi connectivity index (χ0n) is 10.2. The number of sulfone groups is 1. The maximum atomic E-state index is 13.3. The summed E-state index contributed by atoms with van der Waals surface area (Å²) in [6, 6.07) is 13.0. The number of benzene rings is 2. The zero-order chi connectivity index (χ0) is 13.9. The molecule has 0 bridgehead atoms. The Hall–Kier alpha value is -1.88. The van der Waals surface area contributed by atoms with Gasteiger partial charge in [0, 0.05) is 0 Å². The molecule has 2 aromatic carbocycles. The van der Waals surface area contributed by atoms with Crippen molar-refractivity contribution in [2.24, 2.45) is 0 Å². The summed E-state index contributed by atoms with van der Waals surface area (Å²) in [7, 11) is -3.32. The van der Waals surface area contributed by atoms with Crippen LogP contribution in [0.15, 0.2) is 48.5 Å². The maximum absolute atomic E-state index is 13.3. The fourth-order valence-electron chi connectivity index (χ4n) is 1.79. The second kappa shape index (κ2) is 5.40. The van der Waals surface area contributed by atoms with Gasteiger partial charge in [-0.3, -0.25) is 0 Å². The van der Waals surface area contributed by atoms with E-state index in [9.17, 15) is 12.8 Å². The van der Waals surface area contributed by atoms with Crippen LogP contribution in [0.4, 0.5) is 10.1 Å². The number of anilines is 1. The van der Waals surface area contributed by atoms with Gasteiger partial charge in [0.25, 0.3) is 0 Å². The summed E-state index contributed by atoms with van der Waals surface area (Å²) in [5.74, 6) is -0.841. The Morgan fingerprint density at radius 1 is 0.947 bits per heavy atom. The normalized spacial score (nSPS) is 11.4. The van der Waals surface area contributed by atoms with Crippen LogP contribution in [0.5, 0.6) is 0 Å². The Kier molecular flexibility index (Phi) is 3.85. The van der Waals surface area contributed by atoms with Gasteiger partial charge in [-0.05, 0) is 23.3 Å². The quantitative estimate of drug-likeness (QED) is 0.875. The number of hydrogen-bond donors (Lipinski definition) is 1. The first-order valence-corrected chi connectivity index (χ1v) is 7.57. The van der Waals surface area contributed by atoms with E-state index in [2.05, 4.69) is 0 Å². The molecule has 2 N–H and O–H groups in total. The van der Waals surface area contributed by atoms with E-state index in [1.165, 1.54) is 12.1 Å². The Morgan fingerprint density at radius 3 is 2.21 bits per heavy atom. The van der Waals surface area contributed by atoms with Gasteiger partial charge >= 0.3 is 0 Å². The van der Waals surface area contributed by atoms with Gasteiger partial charge in [0.2, 0.25) is 0 Å². The SMILES string of the molecule is Nc1ccc(CS(=O)(=O)Cc2ccccc2)cc1F. The Balaban J connectivity index is 2.15. The molecule has 0 fully saturated rings. The molecule has 2 rings (SSSR count). The van der Waals surface area contributed by atoms with Gasteiger partial charge in [0.1, 0.15) is 5.82 Å². The molecule has 0 saturated carbocycles. The van der Waals surface area contributed by atoms with Crippen molar-refractivity contribution < 1.29 is 12.8 Å². The second-order valence-corrected chi connectivity index (χ2v) is 6.44. The molecular weight excluding hydrogens is 265 g/mol. The molecule has 0 heterocycles. The van der Waals surface area contributed by atoms with Crippen LogP contribution in [0, 0.1) is 5.82 Å². The predicted molar refractivity (Wildman–Crippen MR) is 73.6 cm³/mol. The molecule has 19 heavy (non-hydrogen) atoms. The van der Waals surface area contributed by atoms with Crippen LogP contribution in [0.2, 0.25) is 0 Å². The highest BCUT2D eigenvalue weighted by atomic mass is 32.2. The minimum Gasteiger partial charge on any atom is -0.396 e. The van der Waals surface area contributed by atoms with Gasteiger partial charge < -0.3 is 5.73 Å². The first kappa shape index (κ1) is 13.5. The van der Waals surface area contributed by atoms with E-state index in [0.29, 0.717) is 5.56 Å². The average Bonchev–Trinajstić information content (AvgIpc) is 2.34. The standard InChI is InChI=1S/C14H14FNO2S/c15-13-8-12(6-7-14(13)16)10-19(17,18)9-11-4-2-1-3-5-11/h1-8H,9-10,16H2. The van der Waals surface area contributed by atoms with Crippen LogP contribution in [0.25, 0.3) is 0 Å². The minimum atomic E-state index is -3.32. The molecule has 5 heteroatoms. The highest BCUT2D eigenvalue weighted by Gasteiger charge is 2.14. The lowest BCUT2D eigenvalue weighted by atomic mass is 10.2. The van der Waals surface area contributed by atoms with Crippen molar-refractivity contribution in [1.29, 1.82) is 0 Å². The van der Waals surface area contributed by atoms with Gasteiger partial charge in [-0.2, -0.15) is 0 Å². The fourth-order valence-corrected chi connectivity index (χ4v) is 3.28. The van der Waals surface area contributed by atoms with E-state index in [-0.39, 0.29) is 17.2 Å². The summed E-state index contributed by atoms with van der Waals surface area (Å²) in [6.07, 6.45) is 0. The molecule has 0 saturated heterocycles. The zero-order valence-corrected chi connectivity index (χ0v) is 11.0. The number of nitrogens with two attached hydrogens (primary N) is 1. The van der Waals surface area contributed by atoms with Crippen LogP contribution in [-0.2, 0) is 21.3 Å². The Labute approximate surface area is 111 Å². The van der Waals surface area contributed by atoms with Crippen molar-refractivity contribution >= 4 is 15.5 Å². The lowest BCUT2D eigenvalue weighted by molar-refractivity contribution is 0.594. The van der Waals surface area contributed by atoms with Crippen LogP contribution in [-0.4, -0.2) is 8.42 Å². The summed E-state index contributed by atoms with van der Waals surface area (Å²) in [5, 5.41) is 0. The van der Waals surface area contributed by atoms with E-state index < -0.39 is 15.7 Å². The van der Waals surface area contributed by atoms with Crippen LogP contribution >= 0.6 is 0 Å². The predicted octanol–water partition coefficient (Wildman–Crippen LogP) is 2.52. The first-order chi connectivity index (χ1) is 8.96. The van der Waals surface area contributed by atoms with E-state index in [1.807, 2.05) is 6.07 Å². The van der Waals surface area contributed by atoms with E-state index in [0.717, 1.165) is 11.6 Å². The monoisotopic (exact) mass is 279 g/mol. The molecular formula is C14H14FNO2S. The third-order valence-corrected chi connectivity index (χ3v) is 4.23. The van der Waals surface area contributed by atoms with Gasteiger partial charge in [-0.1, -0.05) is 36.4 Å². The summed E-state index contributed by atoms with van der Waals surface area (Å²) in [6.45, 7) is 0. The van der Waals surface area contributed by atoms with E-state index >= 15 is 0 Å². The number of rotatable bonds is 4. The third-order valence-electron chi connectivity index (χ3n) is 2.68. The van der Waals surface area contributed by atoms with Gasteiger partial charge in [0.05, 0.1) is 17.2 Å². The van der Waals surface area contributed by atoms with Gasteiger partial charge in [-0.15, -0.1) is 0 Å². The number of halogens is 1. The summed E-state index contributed by atoms with van der Waals surface area (Å²) in [5.41, 5.74) is 6.50. The summed E-state index contributed by atoms with van der Waals surface area (Å²) < 4.78 is 37.3. The van der Waals surface area contributed by atoms with Crippen molar-refractivity contribution in [1.82, 2.24) is 0 Å². The lowest BCUT2D eigenvalue weighted by Crippen LogP contribution is -2.08. The van der Waals surface area contributed by atoms with Gasteiger partial charge in [0.15, 0.2) is 9.84 Å². The summed E-state index contributed by atoms with van der Waals surface area (Å²) in [4.78, 5) is 0. The molecule has 0 aliphatic rings. The van der Waals surface area contributed by atoms with Crippen LogP contribution in [0.1, 0.15) is 11.1 Å². The molecule has 0 aliphatic carbocycles.